The molecule has 0 atom stereocenters. The minimum atomic E-state index is 0.676. The van der Waals surface area contributed by atoms with Crippen molar-refractivity contribution in [3.63, 3.8) is 0 Å². The maximum atomic E-state index is 5.45. The van der Waals surface area contributed by atoms with Crippen molar-refractivity contribution < 1.29 is 9.47 Å². The zero-order chi connectivity index (χ0) is 12.3. The molecule has 0 saturated carbocycles. The van der Waals surface area contributed by atoms with Crippen LogP contribution in [0, 0.1) is 6.92 Å². The summed E-state index contributed by atoms with van der Waals surface area (Å²) < 4.78 is 10.8. The molecule has 0 aliphatic rings. The van der Waals surface area contributed by atoms with E-state index in [1.807, 2.05) is 12.1 Å². The summed E-state index contributed by atoms with van der Waals surface area (Å²) in [5, 5.41) is 3.35. The van der Waals surface area contributed by atoms with Crippen LogP contribution >= 0.6 is 0 Å². The van der Waals surface area contributed by atoms with E-state index in [0.29, 0.717) is 19.8 Å². The molecule has 1 N–H and O–H groups in total. The second-order valence-electron chi connectivity index (χ2n) is 3.97. The number of hydrogen-bond donors (Lipinski definition) is 1. The number of para-hydroxylation sites is 1. The van der Waals surface area contributed by atoms with Gasteiger partial charge in [-0.05, 0) is 25.0 Å². The van der Waals surface area contributed by atoms with Gasteiger partial charge in [0, 0.05) is 18.8 Å². The largest absolute Gasteiger partial charge is 0.383 e. The van der Waals surface area contributed by atoms with Gasteiger partial charge in [0.1, 0.15) is 0 Å². The predicted molar refractivity (Wildman–Crippen MR) is 71.6 cm³/mol. The maximum absolute atomic E-state index is 5.45. The highest BCUT2D eigenvalue weighted by atomic mass is 16.5. The van der Waals surface area contributed by atoms with E-state index in [4.69, 9.17) is 9.47 Å². The van der Waals surface area contributed by atoms with E-state index in [1.165, 1.54) is 11.3 Å². The lowest BCUT2D eigenvalue weighted by molar-refractivity contribution is 0.0519. The Labute approximate surface area is 104 Å². The maximum Gasteiger partial charge on any atom is 0.0701 e. The van der Waals surface area contributed by atoms with Gasteiger partial charge in [-0.25, -0.2) is 0 Å². The van der Waals surface area contributed by atoms with Crippen LogP contribution in [0.3, 0.4) is 0 Å². The summed E-state index contributed by atoms with van der Waals surface area (Å²) in [7, 11) is 0. The molecular weight excluding hydrogens is 214 g/mol. The van der Waals surface area contributed by atoms with Crippen molar-refractivity contribution in [2.24, 2.45) is 0 Å². The summed E-state index contributed by atoms with van der Waals surface area (Å²) >= 11 is 0. The molecule has 96 valence electrons. The number of ether oxygens (including phenoxy) is 2. The van der Waals surface area contributed by atoms with Crippen molar-refractivity contribution >= 4 is 5.69 Å². The SMILES string of the molecule is CCCOCCOCCNc1ccccc1C. The fourth-order valence-electron chi connectivity index (χ4n) is 1.50. The fraction of sp³-hybridized carbons (Fsp3) is 0.571. The highest BCUT2D eigenvalue weighted by Gasteiger charge is 1.95. The average molecular weight is 237 g/mol. The normalized spacial score (nSPS) is 10.5. The van der Waals surface area contributed by atoms with Crippen LogP contribution in [0.25, 0.3) is 0 Å². The molecule has 3 nitrogen and oxygen atoms in total. The summed E-state index contributed by atoms with van der Waals surface area (Å²) in [5.41, 5.74) is 2.44. The van der Waals surface area contributed by atoms with Crippen LogP contribution < -0.4 is 5.32 Å². The van der Waals surface area contributed by atoms with Gasteiger partial charge >= 0.3 is 0 Å². The lowest BCUT2D eigenvalue weighted by atomic mass is 10.2. The van der Waals surface area contributed by atoms with Gasteiger partial charge in [-0.2, -0.15) is 0 Å². The molecule has 17 heavy (non-hydrogen) atoms. The molecule has 0 aliphatic heterocycles. The molecule has 0 bridgehead atoms. The van der Waals surface area contributed by atoms with Crippen LogP contribution in [0.15, 0.2) is 24.3 Å². The number of anilines is 1. The van der Waals surface area contributed by atoms with Crippen molar-refractivity contribution in [2.75, 3.05) is 38.3 Å². The molecule has 0 radical (unpaired) electrons. The number of rotatable bonds is 9. The molecule has 0 unspecified atom stereocenters. The number of aryl methyl sites for hydroxylation is 1. The minimum absolute atomic E-state index is 0.676. The van der Waals surface area contributed by atoms with Gasteiger partial charge in [-0.3, -0.25) is 0 Å². The van der Waals surface area contributed by atoms with Crippen molar-refractivity contribution in [2.45, 2.75) is 20.3 Å². The first-order chi connectivity index (χ1) is 8.34. The highest BCUT2D eigenvalue weighted by Crippen LogP contribution is 2.12. The smallest absolute Gasteiger partial charge is 0.0701 e. The fourth-order valence-corrected chi connectivity index (χ4v) is 1.50. The molecule has 0 fully saturated rings. The molecule has 0 aliphatic carbocycles. The van der Waals surface area contributed by atoms with E-state index in [1.54, 1.807) is 0 Å². The quantitative estimate of drug-likeness (QED) is 0.670. The lowest BCUT2D eigenvalue weighted by Gasteiger charge is -2.09. The molecule has 0 amide bonds. The Morgan fingerprint density at radius 1 is 1.00 bits per heavy atom. The molecule has 0 heterocycles. The van der Waals surface area contributed by atoms with Crippen LogP contribution in [0.2, 0.25) is 0 Å². The zero-order valence-corrected chi connectivity index (χ0v) is 10.9. The first kappa shape index (κ1) is 14.0. The minimum Gasteiger partial charge on any atom is -0.383 e. The van der Waals surface area contributed by atoms with Gasteiger partial charge < -0.3 is 14.8 Å². The highest BCUT2D eigenvalue weighted by molar-refractivity contribution is 5.50. The van der Waals surface area contributed by atoms with E-state index < -0.39 is 0 Å². The first-order valence-electron chi connectivity index (χ1n) is 6.29. The Bertz CT molecular complexity index is 302. The van der Waals surface area contributed by atoms with Crippen molar-refractivity contribution in [1.82, 2.24) is 0 Å². The van der Waals surface area contributed by atoms with Crippen molar-refractivity contribution in [3.05, 3.63) is 29.8 Å². The van der Waals surface area contributed by atoms with Gasteiger partial charge in [0.2, 0.25) is 0 Å². The van der Waals surface area contributed by atoms with Crippen molar-refractivity contribution in [1.29, 1.82) is 0 Å². The van der Waals surface area contributed by atoms with Gasteiger partial charge in [0.25, 0.3) is 0 Å². The Kier molecular flexibility index (Phi) is 7.43. The molecule has 3 heteroatoms. The Morgan fingerprint density at radius 2 is 1.71 bits per heavy atom. The van der Waals surface area contributed by atoms with Crippen LogP contribution in [-0.4, -0.2) is 33.0 Å². The van der Waals surface area contributed by atoms with Crippen LogP contribution in [0.1, 0.15) is 18.9 Å². The van der Waals surface area contributed by atoms with Crippen LogP contribution in [0.5, 0.6) is 0 Å². The molecule has 1 aromatic carbocycles. The van der Waals surface area contributed by atoms with Crippen LogP contribution in [0.4, 0.5) is 5.69 Å². The lowest BCUT2D eigenvalue weighted by Crippen LogP contribution is -2.13. The van der Waals surface area contributed by atoms with Crippen molar-refractivity contribution in [3.8, 4) is 0 Å². The van der Waals surface area contributed by atoms with E-state index in [-0.39, 0.29) is 0 Å². The molecule has 0 spiro atoms. The number of hydrogen-bond acceptors (Lipinski definition) is 3. The topological polar surface area (TPSA) is 30.5 Å². The molecule has 0 saturated heterocycles. The summed E-state index contributed by atoms with van der Waals surface area (Å²) in [6.45, 7) is 7.94. The zero-order valence-electron chi connectivity index (χ0n) is 10.9. The Hall–Kier alpha value is -1.06. The van der Waals surface area contributed by atoms with Gasteiger partial charge in [0.05, 0.1) is 19.8 Å². The number of benzene rings is 1. The van der Waals surface area contributed by atoms with Crippen LogP contribution in [-0.2, 0) is 9.47 Å². The molecular formula is C14H23NO2. The second kappa shape index (κ2) is 9.02. The molecule has 0 aromatic heterocycles. The third-order valence-corrected chi connectivity index (χ3v) is 2.43. The third kappa shape index (κ3) is 6.29. The van der Waals surface area contributed by atoms with Gasteiger partial charge in [-0.15, -0.1) is 0 Å². The summed E-state index contributed by atoms with van der Waals surface area (Å²) in [5.74, 6) is 0. The van der Waals surface area contributed by atoms with E-state index in [0.717, 1.165) is 19.6 Å². The molecule has 1 rings (SSSR count). The monoisotopic (exact) mass is 237 g/mol. The van der Waals surface area contributed by atoms with E-state index in [9.17, 15) is 0 Å². The summed E-state index contributed by atoms with van der Waals surface area (Å²) in [6.07, 6.45) is 1.06. The second-order valence-corrected chi connectivity index (χ2v) is 3.97. The first-order valence-corrected chi connectivity index (χ1v) is 6.29. The summed E-state index contributed by atoms with van der Waals surface area (Å²) in [4.78, 5) is 0. The van der Waals surface area contributed by atoms with E-state index in [2.05, 4.69) is 31.3 Å². The Morgan fingerprint density at radius 3 is 2.41 bits per heavy atom. The standard InChI is InChI=1S/C14H23NO2/c1-3-9-16-11-12-17-10-8-15-14-7-5-4-6-13(14)2/h4-7,15H,3,8-12H2,1-2H3. The van der Waals surface area contributed by atoms with Gasteiger partial charge in [-0.1, -0.05) is 25.1 Å². The Balaban J connectivity index is 1.99. The average Bonchev–Trinajstić information content (AvgIpc) is 2.35. The number of nitrogens with one attached hydrogen (secondary N) is 1. The summed E-state index contributed by atoms with van der Waals surface area (Å²) in [6, 6.07) is 8.26. The van der Waals surface area contributed by atoms with Gasteiger partial charge in [0.15, 0.2) is 0 Å². The third-order valence-electron chi connectivity index (χ3n) is 2.43. The molecule has 1 aromatic rings. The predicted octanol–water partition coefficient (Wildman–Crippen LogP) is 2.85. The van der Waals surface area contributed by atoms with E-state index >= 15 is 0 Å².